The number of aromatic nitrogens is 2. The summed E-state index contributed by atoms with van der Waals surface area (Å²) in [4.78, 5) is 2.20. The van der Waals surface area contributed by atoms with Crippen molar-refractivity contribution in [3.63, 3.8) is 0 Å². The third kappa shape index (κ3) is 2.98. The molecule has 8 heteroatoms. The highest BCUT2D eigenvalue weighted by Gasteiger charge is 2.37. The van der Waals surface area contributed by atoms with Crippen LogP contribution in [-0.4, -0.2) is 67.1 Å². The van der Waals surface area contributed by atoms with Gasteiger partial charge in [0.05, 0.1) is 0 Å². The number of piperazine rings is 1. The summed E-state index contributed by atoms with van der Waals surface area (Å²) in [6.07, 6.45) is 0. The minimum absolute atomic E-state index is 0.151. The monoisotopic (exact) mass is 315 g/mol. The van der Waals surface area contributed by atoms with Crippen molar-refractivity contribution in [3.8, 4) is 0 Å². The Bertz CT molecular complexity index is 586. The van der Waals surface area contributed by atoms with Crippen LogP contribution in [0.1, 0.15) is 25.1 Å². The van der Waals surface area contributed by atoms with Gasteiger partial charge < -0.3 is 5.32 Å². The minimum Gasteiger partial charge on any atom is -0.316 e. The van der Waals surface area contributed by atoms with Gasteiger partial charge in [-0.15, -0.1) is 0 Å². The van der Waals surface area contributed by atoms with Gasteiger partial charge in [0.25, 0.3) is 10.0 Å². The predicted octanol–water partition coefficient (Wildman–Crippen LogP) is 0.151. The van der Waals surface area contributed by atoms with Crippen LogP contribution in [0.15, 0.2) is 5.03 Å². The van der Waals surface area contributed by atoms with Gasteiger partial charge in [-0.25, -0.2) is 8.42 Å². The SMILES string of the molecule is CNCc1c(S(=O)(=O)N2CC(C)N(C)C(C)C2)n[nH]c1C. The second kappa shape index (κ2) is 6.04. The summed E-state index contributed by atoms with van der Waals surface area (Å²) in [6.45, 7) is 7.40. The summed E-state index contributed by atoms with van der Waals surface area (Å²) in [6, 6.07) is 0.382. The van der Waals surface area contributed by atoms with Gasteiger partial charge in [-0.2, -0.15) is 9.40 Å². The van der Waals surface area contributed by atoms with E-state index < -0.39 is 10.0 Å². The van der Waals surface area contributed by atoms with Crippen molar-refractivity contribution < 1.29 is 8.42 Å². The Morgan fingerprint density at radius 1 is 1.33 bits per heavy atom. The summed E-state index contributed by atoms with van der Waals surface area (Å²) in [5.41, 5.74) is 1.51. The van der Waals surface area contributed by atoms with Crippen molar-refractivity contribution in [1.29, 1.82) is 0 Å². The number of hydrogen-bond acceptors (Lipinski definition) is 5. The number of rotatable bonds is 4. The molecule has 1 fully saturated rings. The van der Waals surface area contributed by atoms with Crippen LogP contribution in [0.25, 0.3) is 0 Å². The molecule has 1 saturated heterocycles. The highest BCUT2D eigenvalue weighted by Crippen LogP contribution is 2.24. The molecule has 0 aromatic carbocycles. The quantitative estimate of drug-likeness (QED) is 0.827. The fourth-order valence-electron chi connectivity index (χ4n) is 2.70. The summed E-state index contributed by atoms with van der Waals surface area (Å²) in [5.74, 6) is 0. The first-order valence-corrected chi connectivity index (χ1v) is 8.63. The molecule has 1 aliphatic heterocycles. The number of aromatic amines is 1. The molecule has 0 radical (unpaired) electrons. The Morgan fingerprint density at radius 2 is 1.90 bits per heavy atom. The predicted molar refractivity (Wildman–Crippen MR) is 81.5 cm³/mol. The first kappa shape index (κ1) is 16.4. The molecule has 2 N–H and O–H groups in total. The molecule has 0 amide bonds. The molecule has 1 aromatic heterocycles. The molecule has 1 aromatic rings. The Labute approximate surface area is 126 Å². The van der Waals surface area contributed by atoms with Gasteiger partial charge in [0.15, 0.2) is 5.03 Å². The molecule has 21 heavy (non-hydrogen) atoms. The lowest BCUT2D eigenvalue weighted by Gasteiger charge is -2.41. The maximum absolute atomic E-state index is 12.9. The van der Waals surface area contributed by atoms with E-state index in [0.717, 1.165) is 11.3 Å². The van der Waals surface area contributed by atoms with E-state index in [0.29, 0.717) is 19.6 Å². The summed E-state index contributed by atoms with van der Waals surface area (Å²) < 4.78 is 27.3. The lowest BCUT2D eigenvalue weighted by atomic mass is 10.1. The molecule has 2 heterocycles. The van der Waals surface area contributed by atoms with Crippen LogP contribution >= 0.6 is 0 Å². The molecule has 0 aliphatic carbocycles. The first-order chi connectivity index (χ1) is 9.78. The Balaban J connectivity index is 2.34. The smallest absolute Gasteiger partial charge is 0.262 e. The molecule has 0 bridgehead atoms. The molecule has 120 valence electrons. The van der Waals surface area contributed by atoms with Gasteiger partial charge in [-0.05, 0) is 34.9 Å². The van der Waals surface area contributed by atoms with Gasteiger partial charge in [-0.1, -0.05) is 0 Å². The zero-order chi connectivity index (χ0) is 15.8. The normalized spacial score (nSPS) is 25.4. The molecule has 1 aliphatic rings. The first-order valence-electron chi connectivity index (χ1n) is 7.19. The van der Waals surface area contributed by atoms with E-state index in [2.05, 4.69) is 20.4 Å². The number of likely N-dealkylation sites (N-methyl/N-ethyl adjacent to an activating group) is 1. The number of sulfonamides is 1. The topological polar surface area (TPSA) is 81.3 Å². The van der Waals surface area contributed by atoms with E-state index in [1.165, 1.54) is 0 Å². The number of aryl methyl sites for hydroxylation is 1. The third-order valence-corrected chi connectivity index (χ3v) is 6.10. The average Bonchev–Trinajstić information content (AvgIpc) is 2.78. The van der Waals surface area contributed by atoms with Gasteiger partial charge in [-0.3, -0.25) is 10.00 Å². The lowest BCUT2D eigenvalue weighted by molar-refractivity contribution is 0.105. The zero-order valence-electron chi connectivity index (χ0n) is 13.3. The molecular weight excluding hydrogens is 290 g/mol. The zero-order valence-corrected chi connectivity index (χ0v) is 14.2. The van der Waals surface area contributed by atoms with Gasteiger partial charge in [0.2, 0.25) is 0 Å². The summed E-state index contributed by atoms with van der Waals surface area (Å²) in [5, 5.41) is 9.99. The van der Waals surface area contributed by atoms with Crippen LogP contribution in [0.5, 0.6) is 0 Å². The molecular formula is C13H25N5O2S. The molecule has 2 rings (SSSR count). The van der Waals surface area contributed by atoms with E-state index in [1.807, 2.05) is 27.8 Å². The van der Waals surface area contributed by atoms with Crippen LogP contribution in [0.3, 0.4) is 0 Å². The van der Waals surface area contributed by atoms with Crippen LogP contribution in [0.2, 0.25) is 0 Å². The summed E-state index contributed by atoms with van der Waals surface area (Å²) >= 11 is 0. The molecule has 0 spiro atoms. The largest absolute Gasteiger partial charge is 0.316 e. The number of hydrogen-bond donors (Lipinski definition) is 2. The maximum Gasteiger partial charge on any atom is 0.262 e. The molecule has 2 unspecified atom stereocenters. The van der Waals surface area contributed by atoms with E-state index in [4.69, 9.17) is 0 Å². The van der Waals surface area contributed by atoms with Crippen LogP contribution < -0.4 is 5.32 Å². The highest BCUT2D eigenvalue weighted by atomic mass is 32.2. The van der Waals surface area contributed by atoms with Crippen LogP contribution in [-0.2, 0) is 16.6 Å². The molecule has 7 nitrogen and oxygen atoms in total. The second-order valence-corrected chi connectivity index (χ2v) is 7.70. The van der Waals surface area contributed by atoms with Gasteiger partial charge >= 0.3 is 0 Å². The Hall–Kier alpha value is -0.960. The number of nitrogens with zero attached hydrogens (tertiary/aromatic N) is 3. The van der Waals surface area contributed by atoms with Crippen LogP contribution in [0, 0.1) is 6.92 Å². The molecule has 2 atom stereocenters. The van der Waals surface area contributed by atoms with Crippen molar-refractivity contribution in [2.45, 2.75) is 44.4 Å². The van der Waals surface area contributed by atoms with Gasteiger partial charge in [0, 0.05) is 43.0 Å². The van der Waals surface area contributed by atoms with Crippen molar-refractivity contribution in [1.82, 2.24) is 24.7 Å². The van der Waals surface area contributed by atoms with E-state index in [-0.39, 0.29) is 17.1 Å². The minimum atomic E-state index is -3.56. The Kier molecular flexibility index (Phi) is 4.72. The van der Waals surface area contributed by atoms with Crippen LogP contribution in [0.4, 0.5) is 0 Å². The van der Waals surface area contributed by atoms with Gasteiger partial charge in [0.1, 0.15) is 0 Å². The Morgan fingerprint density at radius 3 is 2.43 bits per heavy atom. The number of nitrogens with one attached hydrogen (secondary N) is 2. The second-order valence-electron chi connectivity index (χ2n) is 5.85. The fraction of sp³-hybridized carbons (Fsp3) is 0.769. The van der Waals surface area contributed by atoms with Crippen molar-refractivity contribution >= 4 is 10.0 Å². The van der Waals surface area contributed by atoms with Crippen molar-refractivity contribution in [3.05, 3.63) is 11.3 Å². The highest BCUT2D eigenvalue weighted by molar-refractivity contribution is 7.89. The van der Waals surface area contributed by atoms with E-state index in [1.54, 1.807) is 11.4 Å². The third-order valence-electron chi connectivity index (χ3n) is 4.30. The summed E-state index contributed by atoms with van der Waals surface area (Å²) in [7, 11) is 0.268. The van der Waals surface area contributed by atoms with Crippen molar-refractivity contribution in [2.24, 2.45) is 0 Å². The van der Waals surface area contributed by atoms with E-state index in [9.17, 15) is 8.42 Å². The standard InChI is InChI=1S/C13H25N5O2S/c1-9-7-18(8-10(2)17(9)5)21(19,20)13-12(6-14-4)11(3)15-16-13/h9-10,14H,6-8H2,1-5H3,(H,15,16). The lowest BCUT2D eigenvalue weighted by Crippen LogP contribution is -2.56. The fourth-order valence-corrected chi connectivity index (χ4v) is 4.47. The maximum atomic E-state index is 12.9. The van der Waals surface area contributed by atoms with E-state index >= 15 is 0 Å². The molecule has 0 saturated carbocycles. The number of H-pyrrole nitrogens is 1. The average molecular weight is 315 g/mol. The van der Waals surface area contributed by atoms with Crippen molar-refractivity contribution in [2.75, 3.05) is 27.2 Å².